The van der Waals surface area contributed by atoms with Crippen LogP contribution in [0.4, 0.5) is 0 Å². The maximum Gasteiger partial charge on any atom is 0.237 e. The van der Waals surface area contributed by atoms with Gasteiger partial charge in [0.25, 0.3) is 0 Å². The number of rotatable bonds is 13. The van der Waals surface area contributed by atoms with Crippen LogP contribution in [0.5, 0.6) is 0 Å². The summed E-state index contributed by atoms with van der Waals surface area (Å²) in [6.07, 6.45) is 4.48. The van der Waals surface area contributed by atoms with Crippen molar-refractivity contribution in [2.24, 2.45) is 5.92 Å². The summed E-state index contributed by atoms with van der Waals surface area (Å²) in [4.78, 5) is 27.3. The molecule has 1 heterocycles. The van der Waals surface area contributed by atoms with Gasteiger partial charge in [-0.25, -0.2) is 9.78 Å². The fraction of sp³-hybridized carbons (Fsp3) is 0.423. The SMILES string of the molecule is CC[C@@H](C)CC(NC)C(=O)NC(COOCc1ccccc1)Cc1c[nH]c2ccccc12. The number of aromatic nitrogens is 1. The number of hydrogen-bond donors (Lipinski definition) is 3. The van der Waals surface area contributed by atoms with Crippen molar-refractivity contribution in [1.82, 2.24) is 15.6 Å². The van der Waals surface area contributed by atoms with Crippen molar-refractivity contribution >= 4 is 16.8 Å². The summed E-state index contributed by atoms with van der Waals surface area (Å²) in [5.41, 5.74) is 3.26. The van der Waals surface area contributed by atoms with E-state index in [1.54, 1.807) is 0 Å². The van der Waals surface area contributed by atoms with Crippen LogP contribution in [0.2, 0.25) is 0 Å². The lowest BCUT2D eigenvalue weighted by atomic mass is 9.98. The van der Waals surface area contributed by atoms with Gasteiger partial charge in [-0.3, -0.25) is 4.79 Å². The van der Waals surface area contributed by atoms with E-state index >= 15 is 0 Å². The van der Waals surface area contributed by atoms with Crippen molar-refractivity contribution in [3.63, 3.8) is 0 Å². The second-order valence-electron chi connectivity index (χ2n) is 8.39. The van der Waals surface area contributed by atoms with Crippen LogP contribution < -0.4 is 10.6 Å². The Labute approximate surface area is 190 Å². The molecule has 172 valence electrons. The Balaban J connectivity index is 1.64. The van der Waals surface area contributed by atoms with E-state index < -0.39 is 0 Å². The van der Waals surface area contributed by atoms with Crippen molar-refractivity contribution in [2.45, 2.75) is 51.8 Å². The zero-order valence-electron chi connectivity index (χ0n) is 19.3. The third-order valence-corrected chi connectivity index (χ3v) is 5.91. The Kier molecular flexibility index (Phi) is 9.28. The molecule has 0 aliphatic heterocycles. The lowest BCUT2D eigenvalue weighted by Gasteiger charge is -2.24. The highest BCUT2D eigenvalue weighted by Gasteiger charge is 2.23. The molecule has 0 radical (unpaired) electrons. The van der Waals surface area contributed by atoms with E-state index in [2.05, 4.69) is 41.6 Å². The number of carbonyl (C=O) groups is 1. The van der Waals surface area contributed by atoms with Gasteiger partial charge in [-0.05, 0) is 43.0 Å². The first kappa shape index (κ1) is 24.0. The standard InChI is InChI=1S/C26H35N3O3/c1-4-19(2)14-25(27-3)26(30)29-22(18-32-31-17-20-10-6-5-7-11-20)15-21-16-28-24-13-9-8-12-23(21)24/h5-13,16,19,22,25,27-28H,4,14-15,17-18H2,1-3H3,(H,29,30)/t19-,22?,25?/m1/s1. The van der Waals surface area contributed by atoms with Crippen LogP contribution in [0.15, 0.2) is 60.8 Å². The molecule has 3 N–H and O–H groups in total. The number of likely N-dealkylation sites (N-methyl/N-ethyl adjacent to an activating group) is 1. The monoisotopic (exact) mass is 437 g/mol. The lowest BCUT2D eigenvalue weighted by molar-refractivity contribution is -0.306. The lowest BCUT2D eigenvalue weighted by Crippen LogP contribution is -2.49. The minimum atomic E-state index is -0.236. The molecule has 0 aliphatic rings. The Morgan fingerprint density at radius 2 is 1.81 bits per heavy atom. The Morgan fingerprint density at radius 3 is 2.56 bits per heavy atom. The summed E-state index contributed by atoms with van der Waals surface area (Å²) in [6, 6.07) is 17.6. The van der Waals surface area contributed by atoms with Gasteiger partial charge in [-0.1, -0.05) is 68.8 Å². The van der Waals surface area contributed by atoms with Crippen molar-refractivity contribution in [3.8, 4) is 0 Å². The zero-order valence-corrected chi connectivity index (χ0v) is 19.3. The van der Waals surface area contributed by atoms with Gasteiger partial charge in [0.05, 0.1) is 12.1 Å². The maximum atomic E-state index is 13.0. The predicted octanol–water partition coefficient (Wildman–Crippen LogP) is 4.37. The smallest absolute Gasteiger partial charge is 0.237 e. The van der Waals surface area contributed by atoms with Crippen LogP contribution >= 0.6 is 0 Å². The molecule has 0 aliphatic carbocycles. The zero-order chi connectivity index (χ0) is 22.8. The molecule has 1 aromatic heterocycles. The number of aromatic amines is 1. The number of H-pyrrole nitrogens is 1. The molecule has 32 heavy (non-hydrogen) atoms. The maximum absolute atomic E-state index is 13.0. The first-order chi connectivity index (χ1) is 15.6. The molecule has 0 spiro atoms. The van der Waals surface area contributed by atoms with Gasteiger partial charge in [0.2, 0.25) is 5.91 Å². The van der Waals surface area contributed by atoms with E-state index in [0.717, 1.165) is 34.9 Å². The fourth-order valence-electron chi connectivity index (χ4n) is 3.76. The normalized spacial score (nSPS) is 14.2. The molecule has 0 saturated heterocycles. The molecule has 3 rings (SSSR count). The highest BCUT2D eigenvalue weighted by molar-refractivity contribution is 5.84. The highest BCUT2D eigenvalue weighted by atomic mass is 17.2. The first-order valence-corrected chi connectivity index (χ1v) is 11.4. The van der Waals surface area contributed by atoms with Crippen LogP contribution in [0.1, 0.15) is 37.8 Å². The van der Waals surface area contributed by atoms with Gasteiger partial charge in [0.15, 0.2) is 0 Å². The molecule has 2 unspecified atom stereocenters. The third-order valence-electron chi connectivity index (χ3n) is 5.91. The minimum absolute atomic E-state index is 0.00991. The molecule has 3 aromatic rings. The number of amides is 1. The predicted molar refractivity (Wildman–Crippen MR) is 128 cm³/mol. The summed E-state index contributed by atoms with van der Waals surface area (Å²) >= 11 is 0. The molecule has 0 fully saturated rings. The van der Waals surface area contributed by atoms with Crippen molar-refractivity contribution in [1.29, 1.82) is 0 Å². The largest absolute Gasteiger partial charge is 0.361 e. The number of nitrogens with one attached hydrogen (secondary N) is 3. The van der Waals surface area contributed by atoms with E-state index in [0.29, 0.717) is 18.9 Å². The second kappa shape index (κ2) is 12.4. The molecule has 1 amide bonds. The Bertz CT molecular complexity index is 957. The summed E-state index contributed by atoms with van der Waals surface area (Å²) in [7, 11) is 1.83. The number of benzene rings is 2. The molecule has 0 bridgehead atoms. The molecule has 3 atom stereocenters. The van der Waals surface area contributed by atoms with E-state index in [-0.39, 0.29) is 24.6 Å². The van der Waals surface area contributed by atoms with E-state index in [1.807, 2.05) is 55.7 Å². The average molecular weight is 438 g/mol. The first-order valence-electron chi connectivity index (χ1n) is 11.4. The van der Waals surface area contributed by atoms with E-state index in [4.69, 9.17) is 9.78 Å². The number of carbonyl (C=O) groups excluding carboxylic acids is 1. The molecule has 0 saturated carbocycles. The Morgan fingerprint density at radius 1 is 1.06 bits per heavy atom. The van der Waals surface area contributed by atoms with Crippen molar-refractivity contribution < 1.29 is 14.6 Å². The van der Waals surface area contributed by atoms with Gasteiger partial charge >= 0.3 is 0 Å². The van der Waals surface area contributed by atoms with Gasteiger partial charge in [0, 0.05) is 17.1 Å². The highest BCUT2D eigenvalue weighted by Crippen LogP contribution is 2.19. The topological polar surface area (TPSA) is 75.4 Å². The van der Waals surface area contributed by atoms with E-state index in [1.165, 1.54) is 0 Å². The van der Waals surface area contributed by atoms with E-state index in [9.17, 15) is 4.79 Å². The van der Waals surface area contributed by atoms with Crippen LogP contribution in [-0.2, 0) is 27.6 Å². The van der Waals surface area contributed by atoms with Gasteiger partial charge in [-0.15, -0.1) is 0 Å². The molecule has 6 nitrogen and oxygen atoms in total. The summed E-state index contributed by atoms with van der Waals surface area (Å²) in [5, 5.41) is 7.49. The summed E-state index contributed by atoms with van der Waals surface area (Å²) in [6.45, 7) is 4.94. The summed E-state index contributed by atoms with van der Waals surface area (Å²) in [5.74, 6) is 0.458. The molecular formula is C26H35N3O3. The van der Waals surface area contributed by atoms with Crippen molar-refractivity contribution in [3.05, 3.63) is 71.9 Å². The Hall–Kier alpha value is -2.67. The molecular weight excluding hydrogens is 402 g/mol. The molecule has 2 aromatic carbocycles. The van der Waals surface area contributed by atoms with Gasteiger partial charge in [0.1, 0.15) is 13.2 Å². The van der Waals surface area contributed by atoms with Crippen LogP contribution in [0.3, 0.4) is 0 Å². The van der Waals surface area contributed by atoms with Gasteiger partial charge in [-0.2, -0.15) is 0 Å². The fourth-order valence-corrected chi connectivity index (χ4v) is 3.76. The number of hydrogen-bond acceptors (Lipinski definition) is 4. The number of fused-ring (bicyclic) bond motifs is 1. The van der Waals surface area contributed by atoms with Gasteiger partial charge < -0.3 is 15.6 Å². The van der Waals surface area contributed by atoms with Crippen LogP contribution in [0, 0.1) is 5.92 Å². The molecule has 6 heteroatoms. The van der Waals surface area contributed by atoms with Crippen molar-refractivity contribution in [2.75, 3.05) is 13.7 Å². The van der Waals surface area contributed by atoms with Crippen LogP contribution in [0.25, 0.3) is 10.9 Å². The summed E-state index contributed by atoms with van der Waals surface area (Å²) < 4.78 is 0. The second-order valence-corrected chi connectivity index (χ2v) is 8.39. The quantitative estimate of drug-likeness (QED) is 0.211. The average Bonchev–Trinajstić information content (AvgIpc) is 3.23. The minimum Gasteiger partial charge on any atom is -0.361 e. The number of para-hydroxylation sites is 1. The third kappa shape index (κ3) is 6.92. The van der Waals surface area contributed by atoms with Crippen LogP contribution in [-0.4, -0.2) is 36.6 Å².